The number of hydrogen-bond acceptors (Lipinski definition) is 8. The summed E-state index contributed by atoms with van der Waals surface area (Å²) in [6.07, 6.45) is -2.25. The number of anilines is 1. The van der Waals surface area contributed by atoms with Gasteiger partial charge in [0.2, 0.25) is 6.10 Å². The van der Waals surface area contributed by atoms with E-state index in [1.807, 2.05) is 0 Å². The molecule has 2 aromatic rings. The summed E-state index contributed by atoms with van der Waals surface area (Å²) in [7, 11) is 1.37. The average molecular weight is 402 g/mol. The van der Waals surface area contributed by atoms with Crippen LogP contribution in [0.3, 0.4) is 0 Å². The van der Waals surface area contributed by atoms with Gasteiger partial charge in [0.1, 0.15) is 18.0 Å². The first-order chi connectivity index (χ1) is 13.9. The van der Waals surface area contributed by atoms with Crippen molar-refractivity contribution in [2.45, 2.75) is 19.1 Å². The van der Waals surface area contributed by atoms with E-state index >= 15 is 0 Å². The van der Waals surface area contributed by atoms with Gasteiger partial charge in [0.25, 0.3) is 11.6 Å². The third-order valence-electron chi connectivity index (χ3n) is 4.09. The molecule has 1 amide bonds. The van der Waals surface area contributed by atoms with E-state index in [9.17, 15) is 19.7 Å². The van der Waals surface area contributed by atoms with Crippen molar-refractivity contribution in [2.24, 2.45) is 0 Å². The lowest BCUT2D eigenvalue weighted by Gasteiger charge is -2.25. The largest absolute Gasteiger partial charge is 0.496 e. The van der Waals surface area contributed by atoms with Gasteiger partial charge in [0, 0.05) is 0 Å². The lowest BCUT2D eigenvalue weighted by Crippen LogP contribution is -2.41. The summed E-state index contributed by atoms with van der Waals surface area (Å²) in [6, 6.07) is 10.8. The number of carbonyl (C=O) groups excluding carboxylic acids is 2. The van der Waals surface area contributed by atoms with E-state index in [0.29, 0.717) is 11.5 Å². The van der Waals surface area contributed by atoms with Gasteiger partial charge in [0.15, 0.2) is 17.6 Å². The predicted molar refractivity (Wildman–Crippen MR) is 100 cm³/mol. The average Bonchev–Trinajstić information content (AvgIpc) is 2.73. The van der Waals surface area contributed by atoms with Crippen LogP contribution >= 0.6 is 0 Å². The molecule has 0 aliphatic carbocycles. The Labute approximate surface area is 165 Å². The molecule has 0 saturated carbocycles. The lowest BCUT2D eigenvalue weighted by molar-refractivity contribution is -0.384. The number of nitro benzene ring substituents is 1. The van der Waals surface area contributed by atoms with Crippen LogP contribution in [0.25, 0.3) is 0 Å². The number of benzene rings is 2. The summed E-state index contributed by atoms with van der Waals surface area (Å²) >= 11 is 0. The molecule has 152 valence electrons. The highest BCUT2D eigenvalue weighted by Crippen LogP contribution is 2.31. The van der Waals surface area contributed by atoms with Gasteiger partial charge in [-0.3, -0.25) is 14.9 Å². The van der Waals surface area contributed by atoms with E-state index < -0.39 is 29.0 Å². The number of fused-ring (bicyclic) bond motifs is 1. The second kappa shape index (κ2) is 8.46. The molecule has 1 aliphatic rings. The van der Waals surface area contributed by atoms with E-state index in [2.05, 4.69) is 5.32 Å². The van der Waals surface area contributed by atoms with E-state index in [4.69, 9.17) is 18.9 Å². The van der Waals surface area contributed by atoms with Crippen LogP contribution < -0.4 is 19.5 Å². The Hall–Kier alpha value is -3.82. The fourth-order valence-corrected chi connectivity index (χ4v) is 2.57. The zero-order valence-electron chi connectivity index (χ0n) is 15.6. The van der Waals surface area contributed by atoms with Crippen molar-refractivity contribution in [3.8, 4) is 17.2 Å². The smallest absolute Gasteiger partial charge is 0.351 e. The van der Waals surface area contributed by atoms with Gasteiger partial charge in [-0.05, 0) is 31.2 Å². The van der Waals surface area contributed by atoms with Crippen molar-refractivity contribution < 1.29 is 33.5 Å². The normalized spacial score (nSPS) is 15.7. The van der Waals surface area contributed by atoms with Crippen molar-refractivity contribution in [3.05, 3.63) is 52.6 Å². The summed E-state index contributed by atoms with van der Waals surface area (Å²) in [4.78, 5) is 35.2. The molecule has 1 heterocycles. The van der Waals surface area contributed by atoms with Crippen molar-refractivity contribution >= 4 is 23.3 Å². The number of nitrogens with one attached hydrogen (secondary N) is 1. The minimum absolute atomic E-state index is 0.0464. The summed E-state index contributed by atoms with van der Waals surface area (Å²) in [5.41, 5.74) is -0.397. The van der Waals surface area contributed by atoms with E-state index in [-0.39, 0.29) is 23.7 Å². The molecule has 0 spiro atoms. The topological polar surface area (TPSA) is 126 Å². The van der Waals surface area contributed by atoms with Crippen LogP contribution in [-0.2, 0) is 14.3 Å². The Morgan fingerprint density at radius 1 is 1.24 bits per heavy atom. The summed E-state index contributed by atoms with van der Waals surface area (Å²) in [5, 5.41) is 13.6. The maximum Gasteiger partial charge on any atom is 0.351 e. The zero-order valence-corrected chi connectivity index (χ0v) is 15.6. The van der Waals surface area contributed by atoms with Crippen LogP contribution in [0, 0.1) is 10.1 Å². The highest BCUT2D eigenvalue weighted by Gasteiger charge is 2.31. The number of para-hydroxylation sites is 2. The molecule has 0 aromatic heterocycles. The molecule has 29 heavy (non-hydrogen) atoms. The van der Waals surface area contributed by atoms with E-state index in [1.54, 1.807) is 24.3 Å². The van der Waals surface area contributed by atoms with Gasteiger partial charge >= 0.3 is 5.97 Å². The Morgan fingerprint density at radius 3 is 2.66 bits per heavy atom. The quantitative estimate of drug-likeness (QED) is 0.443. The van der Waals surface area contributed by atoms with Gasteiger partial charge in [-0.15, -0.1) is 0 Å². The predicted octanol–water partition coefficient (Wildman–Crippen LogP) is 2.31. The molecule has 0 bridgehead atoms. The number of esters is 1. The van der Waals surface area contributed by atoms with E-state index in [0.717, 1.165) is 0 Å². The van der Waals surface area contributed by atoms with Crippen molar-refractivity contribution in [2.75, 3.05) is 19.0 Å². The molecule has 0 saturated heterocycles. The van der Waals surface area contributed by atoms with Gasteiger partial charge < -0.3 is 24.3 Å². The van der Waals surface area contributed by atoms with E-state index in [1.165, 1.54) is 32.2 Å². The second-order valence-corrected chi connectivity index (χ2v) is 6.07. The number of nitro groups is 1. The van der Waals surface area contributed by atoms with Crippen LogP contribution in [-0.4, -0.2) is 42.7 Å². The van der Waals surface area contributed by atoms with Crippen molar-refractivity contribution in [3.63, 3.8) is 0 Å². The van der Waals surface area contributed by atoms with Crippen molar-refractivity contribution in [1.82, 2.24) is 0 Å². The molecule has 2 atom stereocenters. The number of amides is 1. The molecule has 10 heteroatoms. The third kappa shape index (κ3) is 4.54. The highest BCUT2D eigenvalue weighted by molar-refractivity contribution is 5.97. The second-order valence-electron chi connectivity index (χ2n) is 6.07. The van der Waals surface area contributed by atoms with Crippen LogP contribution in [0.4, 0.5) is 11.4 Å². The first-order valence-corrected chi connectivity index (χ1v) is 8.61. The fraction of sp³-hybridized carbons (Fsp3) is 0.263. The molecular weight excluding hydrogens is 384 g/mol. The first kappa shape index (κ1) is 19.9. The molecule has 0 unspecified atom stereocenters. The molecule has 10 nitrogen and oxygen atoms in total. The van der Waals surface area contributed by atoms with Crippen LogP contribution in [0.5, 0.6) is 17.2 Å². The standard InChI is InChI=1S/C19H18N2O8/c1-11(18(22)20-13-8-7-12(26-2)9-14(13)21(24)25)28-19(23)17-10-27-15-5-3-4-6-16(15)29-17/h3-9,11,17H,10H2,1-2H3,(H,20,22)/t11-,17-/m0/s1. The Balaban J connectivity index is 1.63. The number of nitrogens with zero attached hydrogens (tertiary/aromatic N) is 1. The SMILES string of the molecule is COc1ccc(NC(=O)[C@H](C)OC(=O)[C@@H]2COc3ccccc3O2)c([N+](=O)[O-])c1. The summed E-state index contributed by atoms with van der Waals surface area (Å²) in [6.45, 7) is 1.29. The molecule has 1 N–H and O–H groups in total. The number of carbonyl (C=O) groups is 2. The Bertz CT molecular complexity index is 946. The Kier molecular flexibility index (Phi) is 5.82. The Morgan fingerprint density at radius 2 is 1.97 bits per heavy atom. The number of hydrogen-bond donors (Lipinski definition) is 1. The third-order valence-corrected chi connectivity index (χ3v) is 4.09. The maximum atomic E-state index is 12.3. The summed E-state index contributed by atoms with van der Waals surface area (Å²) < 4.78 is 21.1. The molecule has 1 aliphatic heterocycles. The van der Waals surface area contributed by atoms with Crippen LogP contribution in [0.1, 0.15) is 6.92 Å². The van der Waals surface area contributed by atoms with Crippen LogP contribution in [0.2, 0.25) is 0 Å². The summed E-state index contributed by atoms with van der Waals surface area (Å²) in [5.74, 6) is -0.347. The van der Waals surface area contributed by atoms with Gasteiger partial charge in [-0.1, -0.05) is 12.1 Å². The van der Waals surface area contributed by atoms with Crippen LogP contribution in [0.15, 0.2) is 42.5 Å². The van der Waals surface area contributed by atoms with Crippen molar-refractivity contribution in [1.29, 1.82) is 0 Å². The molecule has 0 radical (unpaired) electrons. The molecule has 0 fully saturated rings. The number of rotatable bonds is 6. The van der Waals surface area contributed by atoms with Gasteiger partial charge in [0.05, 0.1) is 18.1 Å². The zero-order chi connectivity index (χ0) is 21.0. The highest BCUT2D eigenvalue weighted by atomic mass is 16.6. The fourth-order valence-electron chi connectivity index (χ4n) is 2.57. The van der Waals surface area contributed by atoms with Gasteiger partial charge in [-0.2, -0.15) is 0 Å². The monoisotopic (exact) mass is 402 g/mol. The molecule has 2 aromatic carbocycles. The minimum Gasteiger partial charge on any atom is -0.496 e. The van der Waals surface area contributed by atoms with Gasteiger partial charge in [-0.25, -0.2) is 4.79 Å². The first-order valence-electron chi connectivity index (χ1n) is 8.61. The number of ether oxygens (including phenoxy) is 4. The number of methoxy groups -OCH3 is 1. The molecular formula is C19H18N2O8. The maximum absolute atomic E-state index is 12.3. The minimum atomic E-state index is -1.22. The molecule has 3 rings (SSSR count). The lowest BCUT2D eigenvalue weighted by atomic mass is 10.2.